The number of para-hydroxylation sites is 2. The SMILES string of the molecule is CN(C)c1ccc(C(c2ccc(N(C)C)cc2)=c2cc3c(c4ccccc24)=Nc2ccccc2O3)cc1. The summed E-state index contributed by atoms with van der Waals surface area (Å²) in [7, 11) is 8.26. The average molecular weight is 484 g/mol. The van der Waals surface area contributed by atoms with Crippen molar-refractivity contribution in [1.82, 2.24) is 0 Å². The lowest BCUT2D eigenvalue weighted by atomic mass is 9.92. The summed E-state index contributed by atoms with van der Waals surface area (Å²) in [5.74, 6) is 1.56. The van der Waals surface area contributed by atoms with E-state index in [2.05, 4.69) is 117 Å². The highest BCUT2D eigenvalue weighted by atomic mass is 16.5. The first kappa shape index (κ1) is 22.9. The van der Waals surface area contributed by atoms with Gasteiger partial charge in [-0.05, 0) is 69.8 Å². The second kappa shape index (κ2) is 9.14. The molecule has 0 spiro atoms. The Kier molecular flexibility index (Phi) is 5.65. The van der Waals surface area contributed by atoms with E-state index in [1.807, 2.05) is 24.3 Å². The summed E-state index contributed by atoms with van der Waals surface area (Å²) >= 11 is 0. The van der Waals surface area contributed by atoms with Crippen LogP contribution < -0.4 is 25.1 Å². The number of hydrogen-bond donors (Lipinski definition) is 0. The van der Waals surface area contributed by atoms with Crippen molar-refractivity contribution in [3.05, 3.63) is 125 Å². The molecule has 0 radical (unpaired) electrons. The third kappa shape index (κ3) is 4.11. The molecule has 0 N–H and O–H groups in total. The second-order valence-electron chi connectivity index (χ2n) is 9.76. The van der Waals surface area contributed by atoms with Crippen molar-refractivity contribution in [2.75, 3.05) is 38.0 Å². The Labute approximate surface area is 217 Å². The van der Waals surface area contributed by atoms with Gasteiger partial charge in [-0.3, -0.25) is 0 Å². The van der Waals surface area contributed by atoms with Gasteiger partial charge in [-0.2, -0.15) is 0 Å². The molecule has 6 rings (SSSR count). The molecule has 1 aliphatic rings. The summed E-state index contributed by atoms with van der Waals surface area (Å²) in [6.45, 7) is 0. The molecule has 37 heavy (non-hydrogen) atoms. The Morgan fingerprint density at radius 3 is 1.73 bits per heavy atom. The van der Waals surface area contributed by atoms with Gasteiger partial charge in [-0.25, -0.2) is 4.99 Å². The molecule has 0 aromatic heterocycles. The molecule has 5 aromatic rings. The third-order valence-electron chi connectivity index (χ3n) is 6.91. The van der Waals surface area contributed by atoms with E-state index in [1.54, 1.807) is 0 Å². The smallest absolute Gasteiger partial charge is 0.154 e. The van der Waals surface area contributed by atoms with Gasteiger partial charge >= 0.3 is 0 Å². The summed E-state index contributed by atoms with van der Waals surface area (Å²) in [6, 6.07) is 36.1. The molecule has 0 fully saturated rings. The van der Waals surface area contributed by atoms with Crippen LogP contribution in [0.4, 0.5) is 17.1 Å². The Morgan fingerprint density at radius 1 is 0.595 bits per heavy atom. The summed E-state index contributed by atoms with van der Waals surface area (Å²) in [5, 5.41) is 4.23. The molecule has 0 unspecified atom stereocenters. The van der Waals surface area contributed by atoms with Crippen LogP contribution in [0.1, 0.15) is 11.1 Å². The molecular formula is C33H29N3O. The normalized spacial score (nSPS) is 11.7. The van der Waals surface area contributed by atoms with Gasteiger partial charge in [0.15, 0.2) is 11.5 Å². The van der Waals surface area contributed by atoms with Gasteiger partial charge in [-0.15, -0.1) is 0 Å². The topological polar surface area (TPSA) is 28.1 Å². The van der Waals surface area contributed by atoms with E-state index in [4.69, 9.17) is 9.73 Å². The van der Waals surface area contributed by atoms with Gasteiger partial charge in [0.25, 0.3) is 0 Å². The third-order valence-corrected chi connectivity index (χ3v) is 6.91. The Balaban J connectivity index is 1.71. The summed E-state index contributed by atoms with van der Waals surface area (Å²) in [5.41, 5.74) is 6.66. The van der Waals surface area contributed by atoms with Crippen molar-refractivity contribution in [1.29, 1.82) is 0 Å². The lowest BCUT2D eigenvalue weighted by Gasteiger charge is -2.18. The lowest BCUT2D eigenvalue weighted by molar-refractivity contribution is 0.471. The molecule has 1 heterocycles. The van der Waals surface area contributed by atoms with Crippen molar-refractivity contribution in [2.45, 2.75) is 0 Å². The van der Waals surface area contributed by atoms with Gasteiger partial charge < -0.3 is 14.5 Å². The first-order chi connectivity index (χ1) is 18.0. The number of benzene rings is 5. The van der Waals surface area contributed by atoms with Crippen LogP contribution in [0.15, 0.2) is 108 Å². The minimum atomic E-state index is 0.778. The minimum absolute atomic E-state index is 0.778. The number of nitrogens with zero attached hydrogens (tertiary/aromatic N) is 3. The Bertz CT molecular complexity index is 1680. The maximum absolute atomic E-state index is 6.43. The van der Waals surface area contributed by atoms with Crippen LogP contribution in [0.2, 0.25) is 0 Å². The predicted molar refractivity (Wildman–Crippen MR) is 154 cm³/mol. The molecule has 0 bridgehead atoms. The van der Waals surface area contributed by atoms with E-state index in [1.165, 1.54) is 11.4 Å². The standard InChI is InChI=1S/C33H29N3O/c1-35(2)24-17-13-22(14-18-24)32(23-15-19-25(20-16-23)36(3)4)28-21-31-33(27-10-6-5-9-26(27)28)34-29-11-7-8-12-30(29)37-31/h5-21H,1-4H3. The highest BCUT2D eigenvalue weighted by Crippen LogP contribution is 2.34. The largest absolute Gasteiger partial charge is 0.453 e. The van der Waals surface area contributed by atoms with Crippen LogP contribution in [-0.4, -0.2) is 28.2 Å². The summed E-state index contributed by atoms with van der Waals surface area (Å²) in [6.07, 6.45) is 0. The van der Waals surface area contributed by atoms with Crippen molar-refractivity contribution in [2.24, 2.45) is 4.99 Å². The molecule has 0 atom stereocenters. The number of rotatable bonds is 4. The number of hydrogen-bond acceptors (Lipinski definition) is 4. The summed E-state index contributed by atoms with van der Waals surface area (Å²) < 4.78 is 6.43. The quantitative estimate of drug-likeness (QED) is 0.296. The van der Waals surface area contributed by atoms with Crippen molar-refractivity contribution in [3.63, 3.8) is 0 Å². The fourth-order valence-corrected chi connectivity index (χ4v) is 4.94. The van der Waals surface area contributed by atoms with Gasteiger partial charge in [0, 0.05) is 45.0 Å². The van der Waals surface area contributed by atoms with Crippen LogP contribution in [0.5, 0.6) is 11.5 Å². The predicted octanol–water partition coefficient (Wildman–Crippen LogP) is 6.28. The van der Waals surface area contributed by atoms with Crippen LogP contribution in [0, 0.1) is 0 Å². The van der Waals surface area contributed by atoms with Gasteiger partial charge in [0.05, 0.1) is 0 Å². The van der Waals surface area contributed by atoms with Crippen molar-refractivity contribution >= 4 is 33.4 Å². The molecule has 0 saturated heterocycles. The number of anilines is 2. The summed E-state index contributed by atoms with van der Waals surface area (Å²) in [4.78, 5) is 9.24. The van der Waals surface area contributed by atoms with Crippen LogP contribution in [-0.2, 0) is 0 Å². The number of ether oxygens (including phenoxy) is 1. The highest BCUT2D eigenvalue weighted by molar-refractivity contribution is 5.92. The molecule has 5 aromatic carbocycles. The molecule has 0 aliphatic carbocycles. The molecule has 0 amide bonds. The molecule has 182 valence electrons. The molecule has 1 aliphatic heterocycles. The van der Waals surface area contributed by atoms with E-state index in [0.717, 1.165) is 55.2 Å². The van der Waals surface area contributed by atoms with Gasteiger partial charge in [-0.1, -0.05) is 60.7 Å². The van der Waals surface area contributed by atoms with E-state index in [-0.39, 0.29) is 0 Å². The van der Waals surface area contributed by atoms with Crippen molar-refractivity contribution < 1.29 is 4.74 Å². The molecule has 4 nitrogen and oxygen atoms in total. The van der Waals surface area contributed by atoms with Crippen LogP contribution >= 0.6 is 0 Å². The molecule has 0 saturated carbocycles. The number of fused-ring (bicyclic) bond motifs is 4. The zero-order chi connectivity index (χ0) is 25.5. The Morgan fingerprint density at radius 2 is 1.14 bits per heavy atom. The van der Waals surface area contributed by atoms with E-state index in [9.17, 15) is 0 Å². The molecule has 4 heteroatoms. The highest BCUT2D eigenvalue weighted by Gasteiger charge is 2.17. The lowest BCUT2D eigenvalue weighted by Crippen LogP contribution is -2.19. The fraction of sp³-hybridized carbons (Fsp3) is 0.121. The monoisotopic (exact) mass is 483 g/mol. The average Bonchev–Trinajstić information content (AvgIpc) is 2.93. The van der Waals surface area contributed by atoms with Gasteiger partial charge in [0.2, 0.25) is 0 Å². The second-order valence-corrected chi connectivity index (χ2v) is 9.76. The zero-order valence-electron chi connectivity index (χ0n) is 21.6. The molecular weight excluding hydrogens is 454 g/mol. The zero-order valence-corrected chi connectivity index (χ0v) is 21.6. The van der Waals surface area contributed by atoms with Gasteiger partial charge in [0.1, 0.15) is 11.0 Å². The first-order valence-corrected chi connectivity index (χ1v) is 12.5. The van der Waals surface area contributed by atoms with Crippen molar-refractivity contribution in [3.8, 4) is 11.5 Å². The minimum Gasteiger partial charge on any atom is -0.453 e. The fourth-order valence-electron chi connectivity index (χ4n) is 4.94. The van der Waals surface area contributed by atoms with E-state index < -0.39 is 0 Å². The van der Waals surface area contributed by atoms with E-state index in [0.29, 0.717) is 0 Å². The van der Waals surface area contributed by atoms with Crippen LogP contribution in [0.25, 0.3) is 16.3 Å². The Hall–Kier alpha value is -4.57. The first-order valence-electron chi connectivity index (χ1n) is 12.5. The maximum Gasteiger partial charge on any atom is 0.154 e. The maximum atomic E-state index is 6.43. The van der Waals surface area contributed by atoms with E-state index >= 15 is 0 Å². The van der Waals surface area contributed by atoms with Crippen LogP contribution in [0.3, 0.4) is 0 Å².